The molecule has 2 rings (SSSR count). The Morgan fingerprint density at radius 2 is 1.86 bits per heavy atom. The Morgan fingerprint density at radius 3 is 2.36 bits per heavy atom. The number of aromatic hydroxyl groups is 1. The van der Waals surface area contributed by atoms with Gasteiger partial charge in [0.15, 0.2) is 22.6 Å². The average Bonchev–Trinajstić information content (AvgIpc) is 2.43. The van der Waals surface area contributed by atoms with Gasteiger partial charge < -0.3 is 9.52 Å². The molecule has 0 aliphatic heterocycles. The van der Waals surface area contributed by atoms with Gasteiger partial charge in [0.1, 0.15) is 17.1 Å². The van der Waals surface area contributed by atoms with E-state index in [0.717, 1.165) is 0 Å². The van der Waals surface area contributed by atoms with E-state index in [1.54, 1.807) is 26.0 Å². The summed E-state index contributed by atoms with van der Waals surface area (Å²) in [7, 11) is 0. The van der Waals surface area contributed by atoms with Crippen LogP contribution in [0.4, 0.5) is 0 Å². The highest BCUT2D eigenvalue weighted by Gasteiger charge is 2.23. The maximum absolute atomic E-state index is 12.5. The van der Waals surface area contributed by atoms with Gasteiger partial charge >= 0.3 is 0 Å². The van der Waals surface area contributed by atoms with Crippen molar-refractivity contribution >= 4 is 28.6 Å². The van der Waals surface area contributed by atoms with Crippen molar-refractivity contribution in [3.8, 4) is 5.75 Å². The first-order valence-electron chi connectivity index (χ1n) is 6.77. The van der Waals surface area contributed by atoms with Crippen LogP contribution >= 0.6 is 0 Å². The molecule has 0 unspecified atom stereocenters. The molecule has 0 bridgehead atoms. The average molecular weight is 300 g/mol. The molecule has 0 spiro atoms. The zero-order valence-corrected chi connectivity index (χ0v) is 12.8. The summed E-state index contributed by atoms with van der Waals surface area (Å²) in [6, 6.07) is 1.28. The highest BCUT2D eigenvalue weighted by molar-refractivity contribution is 6.12. The Balaban J connectivity index is 3.11. The molecule has 114 valence electrons. The first-order chi connectivity index (χ1) is 10.3. The van der Waals surface area contributed by atoms with Crippen LogP contribution in [0, 0.1) is 6.92 Å². The number of phenols is 1. The number of rotatable bonds is 3. The molecule has 5 nitrogen and oxygen atoms in total. The van der Waals surface area contributed by atoms with Gasteiger partial charge in [0.05, 0.1) is 10.9 Å². The van der Waals surface area contributed by atoms with Crippen molar-refractivity contribution in [3.63, 3.8) is 0 Å². The van der Waals surface area contributed by atoms with Crippen molar-refractivity contribution in [2.24, 2.45) is 0 Å². The fraction of sp³-hybridized carbons (Fsp3) is 0.235. The molecule has 2 aromatic rings. The molecule has 22 heavy (non-hydrogen) atoms. The molecule has 0 fully saturated rings. The third-order valence-corrected chi connectivity index (χ3v) is 3.47. The van der Waals surface area contributed by atoms with Crippen LogP contribution < -0.4 is 5.43 Å². The van der Waals surface area contributed by atoms with Gasteiger partial charge in [-0.2, -0.15) is 0 Å². The highest BCUT2D eigenvalue weighted by Crippen LogP contribution is 2.32. The zero-order chi connectivity index (χ0) is 16.6. The number of phenolic OH excluding ortho intramolecular Hbond substituents is 1. The summed E-state index contributed by atoms with van der Waals surface area (Å²) in [4.78, 5) is 36.0. The van der Waals surface area contributed by atoms with E-state index >= 15 is 0 Å². The number of ketones is 2. The third-order valence-electron chi connectivity index (χ3n) is 3.47. The van der Waals surface area contributed by atoms with Crippen LogP contribution in [0.25, 0.3) is 17.0 Å². The molecule has 1 aromatic carbocycles. The number of allylic oxidation sites excluding steroid dienone is 1. The predicted octanol–water partition coefficient (Wildman–Crippen LogP) is 3.25. The Kier molecular flexibility index (Phi) is 3.99. The van der Waals surface area contributed by atoms with E-state index in [2.05, 4.69) is 0 Å². The summed E-state index contributed by atoms with van der Waals surface area (Å²) in [6.07, 6.45) is 3.31. The molecule has 0 aliphatic carbocycles. The van der Waals surface area contributed by atoms with Crippen molar-refractivity contribution in [2.75, 3.05) is 0 Å². The number of Topliss-reactive ketones (excluding diaryl/α,β-unsaturated/α-hetero) is 2. The van der Waals surface area contributed by atoms with Gasteiger partial charge in [0.25, 0.3) is 0 Å². The number of benzene rings is 1. The number of carbonyl (C=O) groups is 2. The predicted molar refractivity (Wildman–Crippen MR) is 83.6 cm³/mol. The van der Waals surface area contributed by atoms with Crippen LogP contribution in [0.3, 0.4) is 0 Å². The van der Waals surface area contributed by atoms with Gasteiger partial charge in [-0.3, -0.25) is 14.4 Å². The second-order valence-electron chi connectivity index (χ2n) is 5.06. The molecule has 1 heterocycles. The van der Waals surface area contributed by atoms with Crippen LogP contribution in [0.2, 0.25) is 0 Å². The smallest absolute Gasteiger partial charge is 0.196 e. The lowest BCUT2D eigenvalue weighted by molar-refractivity contribution is 0.101. The molecule has 0 radical (unpaired) electrons. The van der Waals surface area contributed by atoms with Gasteiger partial charge in [-0.05, 0) is 39.8 Å². The Hall–Kier alpha value is -2.69. The Labute approximate surface area is 126 Å². The molecule has 1 N–H and O–H groups in total. The van der Waals surface area contributed by atoms with Gasteiger partial charge in [0, 0.05) is 5.56 Å². The second-order valence-corrected chi connectivity index (χ2v) is 5.06. The van der Waals surface area contributed by atoms with Gasteiger partial charge in [-0.15, -0.1) is 0 Å². The summed E-state index contributed by atoms with van der Waals surface area (Å²) in [5.41, 5.74) is -0.174. The molecule has 0 aliphatic rings. The standard InChI is InChI=1S/C17H16O5/c1-5-6-13-8(2)15(20)12-7-11(9(3)18)16(21)14(10(4)19)17(12)22-13/h5-7,21H,1-4H3. The number of hydrogen-bond donors (Lipinski definition) is 1. The second kappa shape index (κ2) is 5.60. The van der Waals surface area contributed by atoms with Crippen LogP contribution in [0.1, 0.15) is 52.8 Å². The number of carbonyl (C=O) groups excluding carboxylic acids is 2. The van der Waals surface area contributed by atoms with Gasteiger partial charge in [-0.1, -0.05) is 6.08 Å². The molecule has 0 saturated heterocycles. The summed E-state index contributed by atoms with van der Waals surface area (Å²) in [5.74, 6) is -1.05. The van der Waals surface area contributed by atoms with Crippen LogP contribution in [0.5, 0.6) is 5.75 Å². The zero-order valence-electron chi connectivity index (χ0n) is 12.8. The minimum Gasteiger partial charge on any atom is -0.506 e. The topological polar surface area (TPSA) is 84.6 Å². The molecule has 1 aromatic heterocycles. The fourth-order valence-electron chi connectivity index (χ4n) is 2.34. The lowest BCUT2D eigenvalue weighted by Crippen LogP contribution is -2.11. The molecule has 0 saturated carbocycles. The normalized spacial score (nSPS) is 11.3. The quantitative estimate of drug-likeness (QED) is 0.879. The van der Waals surface area contributed by atoms with Crippen molar-refractivity contribution < 1.29 is 19.1 Å². The summed E-state index contributed by atoms with van der Waals surface area (Å²) < 4.78 is 5.64. The van der Waals surface area contributed by atoms with Crippen LogP contribution in [0.15, 0.2) is 21.4 Å². The van der Waals surface area contributed by atoms with Crippen molar-refractivity contribution in [3.05, 3.63) is 44.8 Å². The van der Waals surface area contributed by atoms with Gasteiger partial charge in [-0.25, -0.2) is 0 Å². The fourth-order valence-corrected chi connectivity index (χ4v) is 2.34. The van der Waals surface area contributed by atoms with Crippen LogP contribution in [-0.2, 0) is 0 Å². The lowest BCUT2D eigenvalue weighted by Gasteiger charge is -2.11. The van der Waals surface area contributed by atoms with Gasteiger partial charge in [0.2, 0.25) is 0 Å². The first-order valence-corrected chi connectivity index (χ1v) is 6.77. The minimum absolute atomic E-state index is 0.00120. The molecular formula is C17H16O5. The minimum atomic E-state index is -0.482. The van der Waals surface area contributed by atoms with Crippen molar-refractivity contribution in [1.82, 2.24) is 0 Å². The number of fused-ring (bicyclic) bond motifs is 1. The van der Waals surface area contributed by atoms with E-state index in [1.807, 2.05) is 0 Å². The molecule has 0 atom stereocenters. The largest absolute Gasteiger partial charge is 0.506 e. The van der Waals surface area contributed by atoms with Crippen LogP contribution in [-0.4, -0.2) is 16.7 Å². The van der Waals surface area contributed by atoms with E-state index in [9.17, 15) is 19.5 Å². The van der Waals surface area contributed by atoms with Crippen molar-refractivity contribution in [1.29, 1.82) is 0 Å². The summed E-state index contributed by atoms with van der Waals surface area (Å²) in [5, 5.41) is 10.3. The van der Waals surface area contributed by atoms with E-state index in [0.29, 0.717) is 11.3 Å². The first kappa shape index (κ1) is 15.7. The van der Waals surface area contributed by atoms with E-state index in [-0.39, 0.29) is 27.5 Å². The highest BCUT2D eigenvalue weighted by atomic mass is 16.3. The molecule has 5 heteroatoms. The monoisotopic (exact) mass is 300 g/mol. The van der Waals surface area contributed by atoms with E-state index in [4.69, 9.17) is 4.42 Å². The third kappa shape index (κ3) is 2.35. The lowest BCUT2D eigenvalue weighted by atomic mass is 9.98. The summed E-state index contributed by atoms with van der Waals surface area (Å²) in [6.45, 7) is 5.88. The van der Waals surface area contributed by atoms with Crippen molar-refractivity contribution in [2.45, 2.75) is 27.7 Å². The maximum Gasteiger partial charge on any atom is 0.196 e. The van der Waals surface area contributed by atoms with E-state index < -0.39 is 17.3 Å². The molecule has 0 amide bonds. The maximum atomic E-state index is 12.5. The Bertz CT molecular complexity index is 884. The van der Waals surface area contributed by atoms with E-state index in [1.165, 1.54) is 19.9 Å². The SMILES string of the molecule is CC=Cc1oc2c(C(C)=O)c(O)c(C(C)=O)cc2c(=O)c1C. The summed E-state index contributed by atoms with van der Waals surface area (Å²) >= 11 is 0. The number of hydrogen-bond acceptors (Lipinski definition) is 5. The molecular weight excluding hydrogens is 284 g/mol. The Morgan fingerprint density at radius 1 is 1.23 bits per heavy atom.